The standard InChI is InChI=1S/C42H72N6/c1-6-25-11-12-26-13-14-36(48-40(26)37(25)43-15-1)31-21-29(34-23-27-7-2-16-44-38(27)41-32(34)9-4-18-46-41)20-30(22-31)35-24-28-8-3-17-45-39(28)42-33(35)10-5-19-47-42/h25-48H,1-24H2. The lowest BCUT2D eigenvalue weighted by atomic mass is 9.52. The molecule has 10 aliphatic rings. The van der Waals surface area contributed by atoms with Crippen molar-refractivity contribution in [1.29, 1.82) is 0 Å². The van der Waals surface area contributed by atoms with Crippen molar-refractivity contribution >= 4 is 0 Å². The van der Waals surface area contributed by atoms with Crippen molar-refractivity contribution in [2.45, 2.75) is 164 Å². The van der Waals surface area contributed by atoms with Gasteiger partial charge in [-0.25, -0.2) is 0 Å². The Bertz CT molecular complexity index is 1040. The zero-order valence-corrected chi connectivity index (χ0v) is 30.4. The van der Waals surface area contributed by atoms with Gasteiger partial charge in [-0.05, 0) is 220 Å². The van der Waals surface area contributed by atoms with E-state index in [4.69, 9.17) is 0 Å². The Balaban J connectivity index is 0.951. The van der Waals surface area contributed by atoms with Crippen LogP contribution in [0.3, 0.4) is 0 Å². The molecule has 6 saturated heterocycles. The molecule has 4 saturated carbocycles. The van der Waals surface area contributed by atoms with E-state index in [-0.39, 0.29) is 0 Å². The fourth-order valence-corrected chi connectivity index (χ4v) is 15.8. The molecule has 17 unspecified atom stereocenters. The van der Waals surface area contributed by atoms with Crippen LogP contribution in [0.15, 0.2) is 0 Å². The van der Waals surface area contributed by atoms with Crippen molar-refractivity contribution in [1.82, 2.24) is 31.9 Å². The average Bonchev–Trinajstić information content (AvgIpc) is 3.17. The van der Waals surface area contributed by atoms with Crippen LogP contribution in [-0.2, 0) is 0 Å². The third kappa shape index (κ3) is 5.89. The van der Waals surface area contributed by atoms with Gasteiger partial charge in [0, 0.05) is 42.3 Å². The Labute approximate surface area is 293 Å². The average molecular weight is 661 g/mol. The van der Waals surface area contributed by atoms with Crippen molar-refractivity contribution < 1.29 is 0 Å². The second-order valence-corrected chi connectivity index (χ2v) is 19.7. The van der Waals surface area contributed by atoms with Crippen LogP contribution in [0, 0.1) is 65.1 Å². The highest BCUT2D eigenvalue weighted by Crippen LogP contribution is 2.55. The topological polar surface area (TPSA) is 72.2 Å². The Kier molecular flexibility index (Phi) is 9.42. The van der Waals surface area contributed by atoms with E-state index < -0.39 is 0 Å². The zero-order chi connectivity index (χ0) is 31.6. The molecule has 0 spiro atoms. The first-order chi connectivity index (χ1) is 23.8. The molecule has 0 aromatic rings. The molecule has 48 heavy (non-hydrogen) atoms. The van der Waals surface area contributed by atoms with Gasteiger partial charge < -0.3 is 31.9 Å². The molecule has 6 nitrogen and oxygen atoms in total. The molecule has 6 aliphatic heterocycles. The minimum absolute atomic E-state index is 0.738. The van der Waals surface area contributed by atoms with Crippen LogP contribution >= 0.6 is 0 Å². The molecule has 6 N–H and O–H groups in total. The van der Waals surface area contributed by atoms with Gasteiger partial charge in [0.05, 0.1) is 0 Å². The van der Waals surface area contributed by atoms with Crippen LogP contribution in [-0.4, -0.2) is 75.0 Å². The highest BCUT2D eigenvalue weighted by atomic mass is 15.1. The molecule has 0 aromatic carbocycles. The lowest BCUT2D eigenvalue weighted by Gasteiger charge is -2.58. The Morgan fingerprint density at radius 3 is 1.25 bits per heavy atom. The van der Waals surface area contributed by atoms with Gasteiger partial charge in [-0.3, -0.25) is 0 Å². The van der Waals surface area contributed by atoms with E-state index in [1.807, 2.05) is 0 Å². The molecule has 10 rings (SSSR count). The predicted octanol–water partition coefficient (Wildman–Crippen LogP) is 5.43. The van der Waals surface area contributed by atoms with Crippen molar-refractivity contribution in [3.8, 4) is 0 Å². The molecule has 17 atom stereocenters. The Morgan fingerprint density at radius 1 is 0.271 bits per heavy atom. The molecular weight excluding hydrogens is 589 g/mol. The van der Waals surface area contributed by atoms with E-state index in [9.17, 15) is 0 Å². The maximum atomic E-state index is 4.57. The Hall–Kier alpha value is -0.240. The van der Waals surface area contributed by atoms with E-state index in [1.54, 1.807) is 19.3 Å². The summed E-state index contributed by atoms with van der Waals surface area (Å²) in [6.07, 6.45) is 28.1. The number of fused-ring (bicyclic) bond motifs is 9. The third-order valence-electron chi connectivity index (χ3n) is 17.7. The second kappa shape index (κ2) is 14.0. The molecule has 10 fully saturated rings. The van der Waals surface area contributed by atoms with Gasteiger partial charge in [0.1, 0.15) is 0 Å². The van der Waals surface area contributed by atoms with E-state index in [0.717, 1.165) is 107 Å². The number of piperidine rings is 6. The summed E-state index contributed by atoms with van der Waals surface area (Å²) in [5, 5.41) is 25.2. The normalized spacial score (nSPS) is 55.5. The number of nitrogens with one attached hydrogen (secondary N) is 6. The van der Waals surface area contributed by atoms with Crippen molar-refractivity contribution in [3.63, 3.8) is 0 Å². The largest absolute Gasteiger partial charge is 0.312 e. The summed E-state index contributed by atoms with van der Waals surface area (Å²) in [5.41, 5.74) is 0. The monoisotopic (exact) mass is 661 g/mol. The smallest absolute Gasteiger partial charge is 0.0254 e. The predicted molar refractivity (Wildman–Crippen MR) is 196 cm³/mol. The first-order valence-electron chi connectivity index (χ1n) is 22.2. The van der Waals surface area contributed by atoms with Crippen molar-refractivity contribution in [2.24, 2.45) is 65.1 Å². The molecule has 0 radical (unpaired) electrons. The highest BCUT2D eigenvalue weighted by molar-refractivity contribution is 5.10. The molecule has 4 aliphatic carbocycles. The maximum absolute atomic E-state index is 4.57. The maximum Gasteiger partial charge on any atom is 0.0254 e. The minimum Gasteiger partial charge on any atom is -0.312 e. The van der Waals surface area contributed by atoms with Gasteiger partial charge in [0.25, 0.3) is 0 Å². The Morgan fingerprint density at radius 2 is 0.688 bits per heavy atom. The van der Waals surface area contributed by atoms with E-state index in [1.165, 1.54) is 135 Å². The first-order valence-corrected chi connectivity index (χ1v) is 22.2. The summed E-state index contributed by atoms with van der Waals surface area (Å²) in [7, 11) is 0. The summed E-state index contributed by atoms with van der Waals surface area (Å²) in [4.78, 5) is 0. The molecule has 0 amide bonds. The van der Waals surface area contributed by atoms with E-state index in [0.29, 0.717) is 0 Å². The summed E-state index contributed by atoms with van der Waals surface area (Å²) in [6.45, 7) is 6.29. The third-order valence-corrected chi connectivity index (χ3v) is 17.7. The summed E-state index contributed by atoms with van der Waals surface area (Å²) < 4.78 is 0. The molecule has 270 valence electrons. The van der Waals surface area contributed by atoms with Crippen LogP contribution < -0.4 is 31.9 Å². The highest BCUT2D eigenvalue weighted by Gasteiger charge is 2.54. The number of hydrogen-bond acceptors (Lipinski definition) is 6. The van der Waals surface area contributed by atoms with Crippen LogP contribution in [0.1, 0.15) is 122 Å². The summed E-state index contributed by atoms with van der Waals surface area (Å²) in [6, 6.07) is 5.23. The number of hydrogen-bond donors (Lipinski definition) is 6. The SMILES string of the molecule is C1CNC2C(C1)CCC1CCC(C3CC(C4CC5CCCNC5C5NCCCC45)CC(C4CC5CCCNC5C5NCCCC45)C3)NC12. The lowest BCUT2D eigenvalue weighted by Crippen LogP contribution is -2.66. The van der Waals surface area contributed by atoms with Crippen molar-refractivity contribution in [2.75, 3.05) is 32.7 Å². The lowest BCUT2D eigenvalue weighted by molar-refractivity contribution is -0.0469. The van der Waals surface area contributed by atoms with Crippen LogP contribution in [0.2, 0.25) is 0 Å². The van der Waals surface area contributed by atoms with Crippen LogP contribution in [0.25, 0.3) is 0 Å². The van der Waals surface area contributed by atoms with E-state index >= 15 is 0 Å². The fraction of sp³-hybridized carbons (Fsp3) is 1.00. The quantitative estimate of drug-likeness (QED) is 0.243. The summed E-state index contributed by atoms with van der Waals surface area (Å²) in [5.74, 6) is 10.2. The molecule has 6 heteroatoms. The molecule has 0 bridgehead atoms. The van der Waals surface area contributed by atoms with Gasteiger partial charge in [-0.15, -0.1) is 0 Å². The number of rotatable bonds is 3. The molecule has 6 heterocycles. The minimum atomic E-state index is 0.738. The van der Waals surface area contributed by atoms with Crippen LogP contribution in [0.4, 0.5) is 0 Å². The fourth-order valence-electron chi connectivity index (χ4n) is 15.8. The van der Waals surface area contributed by atoms with Gasteiger partial charge in [-0.2, -0.15) is 0 Å². The molecular formula is C42H72N6. The van der Waals surface area contributed by atoms with Gasteiger partial charge in [0.15, 0.2) is 0 Å². The van der Waals surface area contributed by atoms with E-state index in [2.05, 4.69) is 31.9 Å². The van der Waals surface area contributed by atoms with Crippen LogP contribution in [0.5, 0.6) is 0 Å². The van der Waals surface area contributed by atoms with Crippen molar-refractivity contribution in [3.05, 3.63) is 0 Å². The summed E-state index contributed by atoms with van der Waals surface area (Å²) >= 11 is 0. The zero-order valence-electron chi connectivity index (χ0n) is 30.4. The van der Waals surface area contributed by atoms with Gasteiger partial charge in [-0.1, -0.05) is 0 Å². The molecule has 0 aromatic heterocycles. The van der Waals surface area contributed by atoms with Gasteiger partial charge >= 0.3 is 0 Å². The van der Waals surface area contributed by atoms with Gasteiger partial charge in [0.2, 0.25) is 0 Å². The first kappa shape index (κ1) is 32.4. The second-order valence-electron chi connectivity index (χ2n) is 19.7.